The van der Waals surface area contributed by atoms with Crippen molar-refractivity contribution in [2.75, 3.05) is 5.43 Å². The largest absolute Gasteiger partial charge is 0.438 e. The summed E-state index contributed by atoms with van der Waals surface area (Å²) >= 11 is 6.33. The number of nitrogen functional groups attached to an aromatic ring is 1. The van der Waals surface area contributed by atoms with E-state index >= 15 is 0 Å². The van der Waals surface area contributed by atoms with Crippen LogP contribution in [0.3, 0.4) is 0 Å². The smallest absolute Gasteiger partial charge is 0.238 e. The van der Waals surface area contributed by atoms with Crippen molar-refractivity contribution in [3.8, 4) is 11.6 Å². The molecule has 8 heteroatoms. The fraction of sp³-hybridized carbons (Fsp3) is 0. The zero-order valence-corrected chi connectivity index (χ0v) is 12.0. The van der Waals surface area contributed by atoms with E-state index in [-0.39, 0.29) is 11.7 Å². The molecule has 0 atom stereocenters. The van der Waals surface area contributed by atoms with Crippen LogP contribution in [-0.4, -0.2) is 9.97 Å². The average Bonchev–Trinajstić information content (AvgIpc) is 2.36. The Balaban J connectivity index is 2.31. The molecule has 2 rings (SSSR count). The molecule has 0 saturated carbocycles. The van der Waals surface area contributed by atoms with Gasteiger partial charge in [-0.1, -0.05) is 0 Å². The number of nitrogens with one attached hydrogen (secondary N) is 1. The van der Waals surface area contributed by atoms with Crippen molar-refractivity contribution in [1.82, 2.24) is 9.97 Å². The van der Waals surface area contributed by atoms with Crippen LogP contribution in [0.5, 0.6) is 11.6 Å². The van der Waals surface area contributed by atoms with E-state index in [1.54, 1.807) is 0 Å². The van der Waals surface area contributed by atoms with Crippen molar-refractivity contribution >= 4 is 37.7 Å². The highest BCUT2D eigenvalue weighted by atomic mass is 79.9. The predicted octanol–water partition coefficient (Wildman–Crippen LogP) is 3.22. The Bertz CT molecular complexity index is 582. The monoisotopic (exact) mass is 376 g/mol. The molecule has 3 N–H and O–H groups in total. The lowest BCUT2D eigenvalue weighted by Crippen LogP contribution is -2.09. The van der Waals surface area contributed by atoms with Gasteiger partial charge in [0, 0.05) is 0 Å². The third-order valence-corrected chi connectivity index (χ3v) is 3.32. The summed E-state index contributed by atoms with van der Waals surface area (Å²) in [4.78, 5) is 7.84. The van der Waals surface area contributed by atoms with E-state index in [1.165, 1.54) is 24.5 Å². The molecule has 1 aromatic heterocycles. The number of hydrogen-bond donors (Lipinski definition) is 2. The summed E-state index contributed by atoms with van der Waals surface area (Å²) in [5, 5.41) is 0. The Morgan fingerprint density at radius 3 is 2.72 bits per heavy atom. The van der Waals surface area contributed by atoms with Gasteiger partial charge >= 0.3 is 0 Å². The standard InChI is InChI=1S/C10H7Br2FN4O/c11-6-3-5(1-2-7(6)13)18-10-8(12)9(17-14)15-4-16-10/h1-4H,14H2,(H,15,16,17). The molecule has 1 aromatic carbocycles. The van der Waals surface area contributed by atoms with Crippen LogP contribution in [0.15, 0.2) is 33.5 Å². The van der Waals surface area contributed by atoms with Gasteiger partial charge in [-0.3, -0.25) is 0 Å². The Morgan fingerprint density at radius 1 is 1.28 bits per heavy atom. The van der Waals surface area contributed by atoms with E-state index in [0.29, 0.717) is 20.5 Å². The highest BCUT2D eigenvalue weighted by Crippen LogP contribution is 2.32. The lowest BCUT2D eigenvalue weighted by Gasteiger charge is -2.09. The normalized spacial score (nSPS) is 10.2. The summed E-state index contributed by atoms with van der Waals surface area (Å²) in [6.07, 6.45) is 1.30. The van der Waals surface area contributed by atoms with Crippen molar-refractivity contribution in [3.05, 3.63) is 39.3 Å². The molecule has 0 aliphatic rings. The van der Waals surface area contributed by atoms with Crippen LogP contribution in [0, 0.1) is 5.82 Å². The first-order valence-corrected chi connectivity index (χ1v) is 6.30. The highest BCUT2D eigenvalue weighted by molar-refractivity contribution is 9.11. The maximum absolute atomic E-state index is 13.1. The second-order valence-corrected chi connectivity index (χ2v) is 4.81. The Labute approximate surface area is 119 Å². The molecular weight excluding hydrogens is 371 g/mol. The molecule has 0 saturated heterocycles. The maximum atomic E-state index is 13.1. The zero-order valence-electron chi connectivity index (χ0n) is 8.82. The van der Waals surface area contributed by atoms with Gasteiger partial charge in [-0.15, -0.1) is 0 Å². The summed E-state index contributed by atoms with van der Waals surface area (Å²) in [5.41, 5.74) is 2.39. The predicted molar refractivity (Wildman–Crippen MR) is 71.7 cm³/mol. The van der Waals surface area contributed by atoms with Crippen LogP contribution in [-0.2, 0) is 0 Å². The Morgan fingerprint density at radius 2 is 2.06 bits per heavy atom. The number of rotatable bonds is 3. The molecular formula is C10H7Br2FN4O. The van der Waals surface area contributed by atoms with Crippen LogP contribution in [0.1, 0.15) is 0 Å². The number of benzene rings is 1. The van der Waals surface area contributed by atoms with Crippen LogP contribution in [0.25, 0.3) is 0 Å². The van der Waals surface area contributed by atoms with Crippen molar-refractivity contribution < 1.29 is 9.13 Å². The van der Waals surface area contributed by atoms with Crippen LogP contribution in [0.2, 0.25) is 0 Å². The molecule has 0 spiro atoms. The molecule has 0 fully saturated rings. The lowest BCUT2D eigenvalue weighted by atomic mass is 10.3. The third kappa shape index (κ3) is 2.77. The number of anilines is 1. The summed E-state index contributed by atoms with van der Waals surface area (Å²) in [7, 11) is 0. The molecule has 0 radical (unpaired) electrons. The fourth-order valence-corrected chi connectivity index (χ4v) is 1.94. The minimum absolute atomic E-state index is 0.274. The van der Waals surface area contributed by atoms with Crippen molar-refractivity contribution in [2.45, 2.75) is 0 Å². The van der Waals surface area contributed by atoms with Gasteiger partial charge in [-0.25, -0.2) is 20.2 Å². The average molecular weight is 378 g/mol. The lowest BCUT2D eigenvalue weighted by molar-refractivity contribution is 0.456. The first-order chi connectivity index (χ1) is 8.61. The third-order valence-electron chi connectivity index (χ3n) is 2.00. The molecule has 2 aromatic rings. The number of ether oxygens (including phenoxy) is 1. The number of hydrazine groups is 1. The van der Waals surface area contributed by atoms with E-state index < -0.39 is 0 Å². The zero-order chi connectivity index (χ0) is 13.1. The molecule has 0 aliphatic carbocycles. The molecule has 18 heavy (non-hydrogen) atoms. The second-order valence-electron chi connectivity index (χ2n) is 3.16. The van der Waals surface area contributed by atoms with Crippen LogP contribution >= 0.6 is 31.9 Å². The summed E-state index contributed by atoms with van der Waals surface area (Å²) in [5.74, 6) is 6.01. The number of aromatic nitrogens is 2. The summed E-state index contributed by atoms with van der Waals surface area (Å²) in [6.45, 7) is 0. The van der Waals surface area contributed by atoms with Crippen molar-refractivity contribution in [2.24, 2.45) is 5.84 Å². The summed E-state index contributed by atoms with van der Waals surface area (Å²) in [6, 6.07) is 4.28. The van der Waals surface area contributed by atoms with Gasteiger partial charge in [0.05, 0.1) is 4.47 Å². The van der Waals surface area contributed by atoms with Crippen molar-refractivity contribution in [3.63, 3.8) is 0 Å². The topological polar surface area (TPSA) is 73.1 Å². The van der Waals surface area contributed by atoms with Gasteiger partial charge in [0.1, 0.15) is 22.4 Å². The molecule has 1 heterocycles. The second kappa shape index (κ2) is 5.59. The quantitative estimate of drug-likeness (QED) is 0.634. The molecule has 0 aliphatic heterocycles. The van der Waals surface area contributed by atoms with Crippen LogP contribution in [0.4, 0.5) is 10.2 Å². The van der Waals surface area contributed by atoms with E-state index in [9.17, 15) is 4.39 Å². The number of nitrogens with zero attached hydrogens (tertiary/aromatic N) is 2. The van der Waals surface area contributed by atoms with Gasteiger partial charge in [-0.2, -0.15) is 0 Å². The number of halogens is 3. The van der Waals surface area contributed by atoms with E-state index in [1.807, 2.05) is 0 Å². The molecule has 0 amide bonds. The number of nitrogens with two attached hydrogens (primary N) is 1. The van der Waals surface area contributed by atoms with E-state index in [0.717, 1.165) is 0 Å². The van der Waals surface area contributed by atoms with Crippen LogP contribution < -0.4 is 16.0 Å². The first-order valence-electron chi connectivity index (χ1n) is 4.72. The highest BCUT2D eigenvalue weighted by Gasteiger charge is 2.10. The van der Waals surface area contributed by atoms with Gasteiger partial charge < -0.3 is 10.2 Å². The first kappa shape index (κ1) is 13.2. The fourth-order valence-electron chi connectivity index (χ4n) is 1.18. The maximum Gasteiger partial charge on any atom is 0.238 e. The van der Waals surface area contributed by atoms with E-state index in [4.69, 9.17) is 10.6 Å². The summed E-state index contributed by atoms with van der Waals surface area (Å²) < 4.78 is 19.4. The molecule has 0 unspecified atom stereocenters. The van der Waals surface area contributed by atoms with E-state index in [2.05, 4.69) is 47.3 Å². The minimum Gasteiger partial charge on any atom is -0.438 e. The van der Waals surface area contributed by atoms with Gasteiger partial charge in [0.15, 0.2) is 5.82 Å². The molecule has 0 bridgehead atoms. The molecule has 94 valence electrons. The van der Waals surface area contributed by atoms with Crippen molar-refractivity contribution in [1.29, 1.82) is 0 Å². The SMILES string of the molecule is NNc1ncnc(Oc2ccc(F)c(Br)c2)c1Br. The Kier molecular flexibility index (Phi) is 4.10. The van der Waals surface area contributed by atoms with Gasteiger partial charge in [0.2, 0.25) is 5.88 Å². The molecule has 5 nitrogen and oxygen atoms in total. The minimum atomic E-state index is -0.367. The van der Waals surface area contributed by atoms with Gasteiger partial charge in [-0.05, 0) is 50.1 Å². The van der Waals surface area contributed by atoms with Gasteiger partial charge in [0.25, 0.3) is 0 Å². The Hall–Kier alpha value is -1.25. The number of hydrogen-bond acceptors (Lipinski definition) is 5.